The smallest absolute Gasteiger partial charge is 0.271 e. The van der Waals surface area contributed by atoms with Crippen LogP contribution in [0.15, 0.2) is 72.8 Å². The van der Waals surface area contributed by atoms with Crippen molar-refractivity contribution in [3.8, 4) is 0 Å². The molecule has 11 heteroatoms. The number of hydroxylamine groups is 1. The molecular formula is C24H18N4O7. The van der Waals surface area contributed by atoms with Gasteiger partial charge < -0.3 is 0 Å². The number of anilines is 2. The third-order valence-electron chi connectivity index (χ3n) is 6.15. The molecule has 0 saturated carbocycles. The molecule has 2 fully saturated rings. The van der Waals surface area contributed by atoms with Crippen LogP contribution in [0.1, 0.15) is 17.2 Å². The quantitative estimate of drug-likeness (QED) is 0.309. The molecule has 0 spiro atoms. The monoisotopic (exact) mass is 474 g/mol. The molecule has 2 heterocycles. The van der Waals surface area contributed by atoms with Crippen LogP contribution in [0.4, 0.5) is 22.7 Å². The van der Waals surface area contributed by atoms with Crippen LogP contribution in [0.2, 0.25) is 0 Å². The number of fused-ring (bicyclic) bond motifs is 1. The zero-order valence-corrected chi connectivity index (χ0v) is 18.3. The van der Waals surface area contributed by atoms with Gasteiger partial charge in [0.05, 0.1) is 27.3 Å². The lowest BCUT2D eigenvalue weighted by molar-refractivity contribution is -0.385. The normalized spacial score (nSPS) is 21.3. The van der Waals surface area contributed by atoms with Crippen molar-refractivity contribution >= 4 is 34.6 Å². The van der Waals surface area contributed by atoms with Crippen LogP contribution >= 0.6 is 0 Å². The highest BCUT2D eigenvalue weighted by atomic mass is 16.7. The van der Waals surface area contributed by atoms with Crippen molar-refractivity contribution in [3.63, 3.8) is 0 Å². The summed E-state index contributed by atoms with van der Waals surface area (Å²) < 4.78 is 0. The van der Waals surface area contributed by atoms with Gasteiger partial charge in [-0.3, -0.25) is 34.7 Å². The average molecular weight is 474 g/mol. The standard InChI is InChI=1S/C24H18N4O7/c1-14-5-7-15(8-6-14)21-20-22(35-26(21)18-3-2-4-19(13-18)28(33)34)24(30)25(23(20)29)16-9-11-17(12-10-16)27(31)32/h2-13,20-22H,1H3/t20-,21+,22-/m0/s1. The van der Waals surface area contributed by atoms with E-state index >= 15 is 0 Å². The third-order valence-corrected chi connectivity index (χ3v) is 6.15. The fourth-order valence-corrected chi connectivity index (χ4v) is 4.46. The summed E-state index contributed by atoms with van der Waals surface area (Å²) in [5, 5.41) is 23.7. The molecular weight excluding hydrogens is 456 g/mol. The maximum absolute atomic E-state index is 13.6. The highest BCUT2D eigenvalue weighted by Crippen LogP contribution is 2.48. The average Bonchev–Trinajstić information content (AvgIpc) is 3.35. The zero-order chi connectivity index (χ0) is 24.9. The number of imide groups is 1. The molecule has 2 amide bonds. The van der Waals surface area contributed by atoms with Crippen molar-refractivity contribution in [1.29, 1.82) is 0 Å². The highest BCUT2D eigenvalue weighted by molar-refractivity contribution is 6.24. The number of aryl methyl sites for hydroxylation is 1. The Hall–Kier alpha value is -4.64. The summed E-state index contributed by atoms with van der Waals surface area (Å²) in [5.41, 5.74) is 1.90. The van der Waals surface area contributed by atoms with Gasteiger partial charge in [0.25, 0.3) is 17.3 Å². The Balaban J connectivity index is 1.56. The van der Waals surface area contributed by atoms with Crippen LogP contribution in [0.25, 0.3) is 0 Å². The number of carbonyl (C=O) groups is 2. The Bertz CT molecular complexity index is 1360. The van der Waals surface area contributed by atoms with Gasteiger partial charge in [0.15, 0.2) is 6.10 Å². The van der Waals surface area contributed by atoms with Gasteiger partial charge in [0.2, 0.25) is 5.91 Å². The molecule has 2 aliphatic heterocycles. The maximum Gasteiger partial charge on any atom is 0.271 e. The van der Waals surface area contributed by atoms with E-state index in [1.807, 2.05) is 31.2 Å². The van der Waals surface area contributed by atoms with Crippen molar-refractivity contribution in [2.75, 3.05) is 9.96 Å². The number of non-ortho nitro benzene ring substituents is 2. The van der Waals surface area contributed by atoms with Crippen molar-refractivity contribution in [2.24, 2.45) is 5.92 Å². The van der Waals surface area contributed by atoms with Crippen molar-refractivity contribution in [3.05, 3.63) is 104 Å². The predicted molar refractivity (Wildman–Crippen MR) is 123 cm³/mol. The number of rotatable bonds is 5. The molecule has 3 aromatic rings. The van der Waals surface area contributed by atoms with Gasteiger partial charge in [0.1, 0.15) is 5.92 Å². The Labute approximate surface area is 198 Å². The van der Waals surface area contributed by atoms with E-state index < -0.39 is 39.7 Å². The molecule has 0 bridgehead atoms. The molecule has 0 aromatic heterocycles. The molecule has 3 aromatic carbocycles. The summed E-state index contributed by atoms with van der Waals surface area (Å²) in [6.07, 6.45) is -1.16. The number of nitro groups is 2. The Morgan fingerprint density at radius 1 is 0.800 bits per heavy atom. The molecule has 11 nitrogen and oxygen atoms in total. The molecule has 0 unspecified atom stereocenters. The molecule has 0 N–H and O–H groups in total. The first-order chi connectivity index (χ1) is 16.8. The van der Waals surface area contributed by atoms with Crippen LogP contribution in [-0.2, 0) is 14.4 Å². The molecule has 0 radical (unpaired) electrons. The van der Waals surface area contributed by atoms with E-state index in [1.165, 1.54) is 47.5 Å². The largest absolute Gasteiger partial charge is 0.273 e. The zero-order valence-electron chi connectivity index (χ0n) is 18.3. The maximum atomic E-state index is 13.6. The Kier molecular flexibility index (Phi) is 5.25. The van der Waals surface area contributed by atoms with Gasteiger partial charge in [-0.15, -0.1) is 0 Å². The lowest BCUT2D eigenvalue weighted by Crippen LogP contribution is -2.37. The second-order valence-corrected chi connectivity index (χ2v) is 8.30. The van der Waals surface area contributed by atoms with Gasteiger partial charge in [0, 0.05) is 24.3 Å². The minimum absolute atomic E-state index is 0.157. The van der Waals surface area contributed by atoms with Crippen LogP contribution in [0.3, 0.4) is 0 Å². The van der Waals surface area contributed by atoms with E-state index in [-0.39, 0.29) is 17.1 Å². The van der Waals surface area contributed by atoms with E-state index in [4.69, 9.17) is 4.84 Å². The molecule has 0 aliphatic carbocycles. The van der Waals surface area contributed by atoms with Crippen LogP contribution in [-0.4, -0.2) is 27.8 Å². The minimum atomic E-state index is -1.16. The van der Waals surface area contributed by atoms with Crippen LogP contribution in [0, 0.1) is 33.1 Å². The van der Waals surface area contributed by atoms with Crippen LogP contribution in [0.5, 0.6) is 0 Å². The topological polar surface area (TPSA) is 136 Å². The number of benzene rings is 3. The summed E-state index contributed by atoms with van der Waals surface area (Å²) in [6.45, 7) is 1.91. The summed E-state index contributed by atoms with van der Waals surface area (Å²) in [4.78, 5) is 55.0. The highest BCUT2D eigenvalue weighted by Gasteiger charge is 2.60. The lowest BCUT2D eigenvalue weighted by Gasteiger charge is -2.28. The Morgan fingerprint density at radius 3 is 2.09 bits per heavy atom. The number of amides is 2. The van der Waals surface area contributed by atoms with Crippen molar-refractivity contribution in [1.82, 2.24) is 0 Å². The van der Waals surface area contributed by atoms with Gasteiger partial charge in [-0.1, -0.05) is 35.9 Å². The number of nitrogens with zero attached hydrogens (tertiary/aromatic N) is 4. The van der Waals surface area contributed by atoms with Gasteiger partial charge in [-0.2, -0.15) is 0 Å². The van der Waals surface area contributed by atoms with Crippen molar-refractivity contribution < 1.29 is 24.3 Å². The van der Waals surface area contributed by atoms with E-state index in [9.17, 15) is 29.8 Å². The van der Waals surface area contributed by atoms with Gasteiger partial charge >= 0.3 is 0 Å². The first-order valence-corrected chi connectivity index (χ1v) is 10.7. The first kappa shape index (κ1) is 22.2. The number of hydrogen-bond acceptors (Lipinski definition) is 8. The summed E-state index contributed by atoms with van der Waals surface area (Å²) in [5.74, 6) is -2.06. The summed E-state index contributed by atoms with van der Waals surface area (Å²) >= 11 is 0. The van der Waals surface area contributed by atoms with Gasteiger partial charge in [-0.25, -0.2) is 9.96 Å². The van der Waals surface area contributed by atoms with E-state index in [2.05, 4.69) is 0 Å². The van der Waals surface area contributed by atoms with E-state index in [0.717, 1.165) is 10.5 Å². The molecule has 176 valence electrons. The van der Waals surface area contributed by atoms with Crippen LogP contribution < -0.4 is 9.96 Å². The molecule has 3 atom stereocenters. The number of carbonyl (C=O) groups excluding carboxylic acids is 2. The number of nitro benzene ring substituents is 2. The summed E-state index contributed by atoms with van der Waals surface area (Å²) in [6, 6.07) is 17.5. The predicted octanol–water partition coefficient (Wildman–Crippen LogP) is 3.86. The fraction of sp³-hybridized carbons (Fsp3) is 0.167. The fourth-order valence-electron chi connectivity index (χ4n) is 4.46. The van der Waals surface area contributed by atoms with Gasteiger partial charge in [-0.05, 0) is 30.7 Å². The Morgan fingerprint density at radius 2 is 1.46 bits per heavy atom. The molecule has 35 heavy (non-hydrogen) atoms. The first-order valence-electron chi connectivity index (χ1n) is 10.7. The summed E-state index contributed by atoms with van der Waals surface area (Å²) in [7, 11) is 0. The van der Waals surface area contributed by atoms with E-state index in [1.54, 1.807) is 6.07 Å². The second kappa shape index (κ2) is 8.29. The molecule has 2 aliphatic rings. The minimum Gasteiger partial charge on any atom is -0.273 e. The third kappa shape index (κ3) is 3.67. The SMILES string of the molecule is Cc1ccc([C@@H]2[C@@H]3C(=O)N(c4ccc([N+](=O)[O-])cc4)C(=O)[C@H]3ON2c2cccc([N+](=O)[O-])c2)cc1. The van der Waals surface area contributed by atoms with Crippen molar-refractivity contribution in [2.45, 2.75) is 19.1 Å². The molecule has 2 saturated heterocycles. The lowest BCUT2D eigenvalue weighted by atomic mass is 9.90. The molecule has 5 rings (SSSR count). The number of hydrogen-bond donors (Lipinski definition) is 0. The second-order valence-electron chi connectivity index (χ2n) is 8.30. The van der Waals surface area contributed by atoms with E-state index in [0.29, 0.717) is 11.3 Å².